The molecule has 2 N–H and O–H groups in total. The molecule has 152 valence electrons. The topological polar surface area (TPSA) is 99.2 Å². The Morgan fingerprint density at radius 3 is 2.64 bits per heavy atom. The molecule has 3 atom stereocenters. The minimum absolute atomic E-state index is 0. The molecule has 2 fully saturated rings. The van der Waals surface area contributed by atoms with Crippen molar-refractivity contribution in [2.24, 2.45) is 24.6 Å². The maximum absolute atomic E-state index is 11.6. The zero-order valence-electron chi connectivity index (χ0n) is 16.2. The molecule has 2 aliphatic rings. The third-order valence-corrected chi connectivity index (χ3v) is 6.27. The van der Waals surface area contributed by atoms with Crippen molar-refractivity contribution >= 4 is 18.3 Å². The summed E-state index contributed by atoms with van der Waals surface area (Å²) in [5.41, 5.74) is 7.49. The highest BCUT2D eigenvalue weighted by Gasteiger charge is 2.53. The smallest absolute Gasteiger partial charge is 0.267 e. The first kappa shape index (κ1) is 20.7. The molecule has 3 heterocycles. The Labute approximate surface area is 170 Å². The minimum atomic E-state index is -0.505. The molecule has 28 heavy (non-hydrogen) atoms. The molecule has 4 rings (SSSR count). The summed E-state index contributed by atoms with van der Waals surface area (Å²) < 4.78 is 8.07. The van der Waals surface area contributed by atoms with Gasteiger partial charge in [0, 0.05) is 51.8 Å². The lowest BCUT2D eigenvalue weighted by Gasteiger charge is -2.55. The molecule has 2 aromatic heterocycles. The number of piperidine rings is 1. The second-order valence-electron chi connectivity index (χ2n) is 7.66. The molecule has 2 aromatic rings. The summed E-state index contributed by atoms with van der Waals surface area (Å²) in [6.45, 7) is 2.70. The molecule has 0 spiro atoms. The van der Waals surface area contributed by atoms with Crippen LogP contribution >= 0.6 is 12.4 Å². The van der Waals surface area contributed by atoms with E-state index < -0.39 is 11.5 Å². The predicted octanol–water partition coefficient (Wildman–Crippen LogP) is 1.50. The summed E-state index contributed by atoms with van der Waals surface area (Å²) in [7, 11) is 3.71. The van der Waals surface area contributed by atoms with Gasteiger partial charge in [-0.2, -0.15) is 0 Å². The van der Waals surface area contributed by atoms with Crippen molar-refractivity contribution in [1.82, 2.24) is 24.9 Å². The maximum Gasteiger partial charge on any atom is 0.267 e. The van der Waals surface area contributed by atoms with Crippen LogP contribution < -0.4 is 5.73 Å². The number of methoxy groups -OCH3 is 1. The predicted molar refractivity (Wildman–Crippen MR) is 106 cm³/mol. The standard InChI is InChI=1S/C19H26N6O2.ClH/c1-24-16(9-22-23-24)12-25-10-14-4-3-5-15(11-25)19(14,27-2)13-6-7-21-17(8-13)18(20)26;/h6-9,14-15H,3-5,10-12H2,1-2H3,(H2,20,26);1H/t14-,15+,19+;. The first-order valence-corrected chi connectivity index (χ1v) is 9.42. The SMILES string of the molecule is CO[C@@]1(c2ccnc(C(N)=O)c2)[C@@H]2CCC[C@H]1CN(Cc1cnnn1C)C2.Cl. The summed E-state index contributed by atoms with van der Waals surface area (Å²) >= 11 is 0. The molecule has 1 aliphatic heterocycles. The van der Waals surface area contributed by atoms with Crippen LogP contribution in [0.25, 0.3) is 0 Å². The Morgan fingerprint density at radius 2 is 2.07 bits per heavy atom. The second kappa shape index (κ2) is 8.14. The van der Waals surface area contributed by atoms with Gasteiger partial charge < -0.3 is 10.5 Å². The molecular weight excluding hydrogens is 380 g/mol. The van der Waals surface area contributed by atoms with Gasteiger partial charge in [-0.3, -0.25) is 19.4 Å². The molecule has 1 amide bonds. The first-order valence-electron chi connectivity index (χ1n) is 9.42. The number of halogens is 1. The number of carbonyl (C=O) groups is 1. The van der Waals surface area contributed by atoms with E-state index in [1.807, 2.05) is 30.1 Å². The fraction of sp³-hybridized carbons (Fsp3) is 0.579. The Bertz CT molecular complexity index is 827. The van der Waals surface area contributed by atoms with Gasteiger partial charge in [-0.05, 0) is 30.5 Å². The monoisotopic (exact) mass is 406 g/mol. The lowest BCUT2D eigenvalue weighted by atomic mass is 9.62. The van der Waals surface area contributed by atoms with E-state index in [-0.39, 0.29) is 12.4 Å². The van der Waals surface area contributed by atoms with E-state index in [4.69, 9.17) is 10.5 Å². The number of aryl methyl sites for hydroxylation is 1. The van der Waals surface area contributed by atoms with Crippen LogP contribution in [0.15, 0.2) is 24.5 Å². The van der Waals surface area contributed by atoms with E-state index in [9.17, 15) is 4.79 Å². The number of hydrogen-bond acceptors (Lipinski definition) is 6. The highest BCUT2D eigenvalue weighted by molar-refractivity contribution is 5.90. The zero-order chi connectivity index (χ0) is 19.0. The van der Waals surface area contributed by atoms with Crippen molar-refractivity contribution in [3.05, 3.63) is 41.5 Å². The van der Waals surface area contributed by atoms with E-state index in [0.717, 1.165) is 43.7 Å². The lowest BCUT2D eigenvalue weighted by Crippen LogP contribution is -2.58. The van der Waals surface area contributed by atoms with Gasteiger partial charge >= 0.3 is 0 Å². The van der Waals surface area contributed by atoms with Gasteiger partial charge in [0.05, 0.1) is 11.9 Å². The van der Waals surface area contributed by atoms with Gasteiger partial charge in [0.1, 0.15) is 11.3 Å². The third kappa shape index (κ3) is 3.40. The van der Waals surface area contributed by atoms with Gasteiger partial charge in [0.2, 0.25) is 0 Å². The summed E-state index contributed by atoms with van der Waals surface area (Å²) in [6, 6.07) is 3.79. The van der Waals surface area contributed by atoms with Crippen LogP contribution in [0.5, 0.6) is 0 Å². The van der Waals surface area contributed by atoms with Gasteiger partial charge in [-0.15, -0.1) is 17.5 Å². The number of aromatic nitrogens is 4. The van der Waals surface area contributed by atoms with Crippen molar-refractivity contribution in [2.45, 2.75) is 31.4 Å². The molecule has 8 nitrogen and oxygen atoms in total. The van der Waals surface area contributed by atoms with Crippen molar-refractivity contribution in [2.75, 3.05) is 20.2 Å². The number of nitrogens with two attached hydrogens (primary N) is 1. The van der Waals surface area contributed by atoms with Gasteiger partial charge in [-0.25, -0.2) is 0 Å². The van der Waals surface area contributed by atoms with Crippen LogP contribution in [-0.2, 0) is 23.9 Å². The number of primary amides is 1. The van der Waals surface area contributed by atoms with Crippen molar-refractivity contribution in [3.8, 4) is 0 Å². The number of nitrogens with zero attached hydrogens (tertiary/aromatic N) is 5. The van der Waals surface area contributed by atoms with Crippen molar-refractivity contribution in [3.63, 3.8) is 0 Å². The fourth-order valence-electron chi connectivity index (χ4n) is 5.07. The molecule has 0 radical (unpaired) electrons. The molecule has 1 saturated carbocycles. The average molecular weight is 407 g/mol. The summed E-state index contributed by atoms with van der Waals surface area (Å²) in [5.74, 6) is 0.188. The summed E-state index contributed by atoms with van der Waals surface area (Å²) in [6.07, 6.45) is 6.89. The normalized spacial score (nSPS) is 27.2. The Morgan fingerprint density at radius 1 is 1.36 bits per heavy atom. The van der Waals surface area contributed by atoms with Crippen LogP contribution in [0.2, 0.25) is 0 Å². The summed E-state index contributed by atoms with van der Waals surface area (Å²) in [5, 5.41) is 8.03. The Kier molecular flexibility index (Phi) is 6.02. The molecule has 0 aromatic carbocycles. The van der Waals surface area contributed by atoms with E-state index >= 15 is 0 Å². The summed E-state index contributed by atoms with van der Waals surface area (Å²) in [4.78, 5) is 18.2. The number of rotatable bonds is 5. The average Bonchev–Trinajstić information content (AvgIpc) is 3.05. The number of ether oxygens (including phenoxy) is 1. The number of amides is 1. The quantitative estimate of drug-likeness (QED) is 0.807. The van der Waals surface area contributed by atoms with Crippen LogP contribution in [-0.4, -0.2) is 51.0 Å². The molecule has 1 saturated heterocycles. The Balaban J connectivity index is 0.00000225. The fourth-order valence-corrected chi connectivity index (χ4v) is 5.07. The molecule has 9 heteroatoms. The number of carbonyl (C=O) groups excluding carboxylic acids is 1. The number of hydrogen-bond donors (Lipinski definition) is 1. The minimum Gasteiger partial charge on any atom is -0.373 e. The first-order chi connectivity index (χ1) is 13.0. The lowest BCUT2D eigenvalue weighted by molar-refractivity contribution is -0.170. The van der Waals surface area contributed by atoms with Gasteiger partial charge in [0.15, 0.2) is 0 Å². The molecule has 1 aliphatic carbocycles. The maximum atomic E-state index is 11.6. The Hall–Kier alpha value is -2.03. The highest BCUT2D eigenvalue weighted by atomic mass is 35.5. The van der Waals surface area contributed by atoms with Crippen LogP contribution in [0, 0.1) is 11.8 Å². The highest BCUT2D eigenvalue weighted by Crippen LogP contribution is 2.51. The number of likely N-dealkylation sites (tertiary alicyclic amines) is 1. The van der Waals surface area contributed by atoms with Crippen molar-refractivity contribution < 1.29 is 9.53 Å². The van der Waals surface area contributed by atoms with Crippen LogP contribution in [0.1, 0.15) is 41.0 Å². The van der Waals surface area contributed by atoms with Crippen molar-refractivity contribution in [1.29, 1.82) is 0 Å². The van der Waals surface area contributed by atoms with E-state index in [0.29, 0.717) is 17.5 Å². The van der Waals surface area contributed by atoms with Crippen LogP contribution in [0.3, 0.4) is 0 Å². The van der Waals surface area contributed by atoms with E-state index in [1.165, 1.54) is 6.42 Å². The van der Waals surface area contributed by atoms with E-state index in [2.05, 4.69) is 20.2 Å². The van der Waals surface area contributed by atoms with E-state index in [1.54, 1.807) is 13.3 Å². The molecule has 0 unspecified atom stereocenters. The van der Waals surface area contributed by atoms with Gasteiger partial charge in [0.25, 0.3) is 5.91 Å². The number of pyridine rings is 1. The zero-order valence-corrected chi connectivity index (χ0v) is 17.1. The molecule has 2 bridgehead atoms. The van der Waals surface area contributed by atoms with Crippen LogP contribution in [0.4, 0.5) is 0 Å². The number of fused-ring (bicyclic) bond motifs is 2. The third-order valence-electron chi connectivity index (χ3n) is 6.27. The second-order valence-corrected chi connectivity index (χ2v) is 7.66. The molecular formula is C19H27ClN6O2. The van der Waals surface area contributed by atoms with Gasteiger partial charge in [-0.1, -0.05) is 11.6 Å². The largest absolute Gasteiger partial charge is 0.373 e.